The number of hydrogen-bond acceptors (Lipinski definition) is 6. The van der Waals surface area contributed by atoms with Crippen LogP contribution in [-0.4, -0.2) is 24.3 Å². The van der Waals surface area contributed by atoms with Crippen LogP contribution in [0.5, 0.6) is 0 Å². The van der Waals surface area contributed by atoms with Gasteiger partial charge in [-0.15, -0.1) is 0 Å². The highest BCUT2D eigenvalue weighted by atomic mass is 16.6. The number of esters is 1. The van der Waals surface area contributed by atoms with E-state index in [1.807, 2.05) is 20.8 Å². The molecule has 6 nitrogen and oxygen atoms in total. The number of carbonyl (C=O) groups is 1. The van der Waals surface area contributed by atoms with Crippen LogP contribution in [0.4, 0.5) is 0 Å². The molecule has 17 heavy (non-hydrogen) atoms. The number of hydrazine groups is 1. The number of nitrogens with one attached hydrogen (secondary N) is 1. The maximum Gasteiger partial charge on any atom is 0.335 e. The Kier molecular flexibility index (Phi) is 6.60. The molecule has 0 rings (SSSR count). The van der Waals surface area contributed by atoms with Gasteiger partial charge in [-0.2, -0.15) is 0 Å². The van der Waals surface area contributed by atoms with Gasteiger partial charge < -0.3 is 20.6 Å². The second kappa shape index (κ2) is 7.13. The third kappa shape index (κ3) is 7.59. The number of rotatable bonds is 6. The Morgan fingerprint density at radius 3 is 2.47 bits per heavy atom. The smallest absolute Gasteiger partial charge is 0.335 e. The van der Waals surface area contributed by atoms with Gasteiger partial charge in [0.25, 0.3) is 0 Å². The van der Waals surface area contributed by atoms with Gasteiger partial charge in [0.05, 0.1) is 6.61 Å². The second-order valence-corrected chi connectivity index (χ2v) is 4.63. The number of carbonyl (C=O) groups excluding carboxylic acids is 1. The fraction of sp³-hybridized carbons (Fsp3) is 0.727. The fourth-order valence-electron chi connectivity index (χ4n) is 1.00. The molecule has 0 amide bonds. The third-order valence-corrected chi connectivity index (χ3v) is 1.86. The van der Waals surface area contributed by atoms with Crippen molar-refractivity contribution in [2.45, 2.75) is 45.8 Å². The van der Waals surface area contributed by atoms with Gasteiger partial charge in [0, 0.05) is 18.3 Å². The van der Waals surface area contributed by atoms with E-state index in [4.69, 9.17) is 21.1 Å². The summed E-state index contributed by atoms with van der Waals surface area (Å²) in [6.07, 6.45) is 1.27. The molecule has 0 saturated heterocycles. The van der Waals surface area contributed by atoms with Crippen molar-refractivity contribution in [3.63, 3.8) is 0 Å². The second-order valence-electron chi connectivity index (χ2n) is 4.63. The Labute approximate surface area is 102 Å². The molecule has 100 valence electrons. The van der Waals surface area contributed by atoms with Crippen molar-refractivity contribution in [3.05, 3.63) is 11.9 Å². The maximum atomic E-state index is 11.5. The van der Waals surface area contributed by atoms with Gasteiger partial charge in [-0.1, -0.05) is 0 Å². The first-order valence-electron chi connectivity index (χ1n) is 5.52. The van der Waals surface area contributed by atoms with Crippen LogP contribution < -0.4 is 17.0 Å². The lowest BCUT2D eigenvalue weighted by molar-refractivity contribution is -0.167. The Balaban J connectivity index is 3.94. The monoisotopic (exact) mass is 245 g/mol. The molecule has 0 aromatic rings. The van der Waals surface area contributed by atoms with Gasteiger partial charge in [0.15, 0.2) is 6.10 Å². The predicted octanol–water partition coefficient (Wildman–Crippen LogP) is 0.387. The quantitative estimate of drug-likeness (QED) is 0.355. The molecule has 0 aliphatic rings. The van der Waals surface area contributed by atoms with Crippen molar-refractivity contribution in [3.8, 4) is 0 Å². The van der Waals surface area contributed by atoms with E-state index >= 15 is 0 Å². The highest BCUT2D eigenvalue weighted by Gasteiger charge is 2.21. The average Bonchev–Trinajstić information content (AvgIpc) is 2.21. The molecule has 6 heteroatoms. The third-order valence-electron chi connectivity index (χ3n) is 1.86. The van der Waals surface area contributed by atoms with Crippen LogP contribution in [0.25, 0.3) is 0 Å². The van der Waals surface area contributed by atoms with E-state index in [1.165, 1.54) is 6.20 Å². The van der Waals surface area contributed by atoms with Gasteiger partial charge >= 0.3 is 5.97 Å². The normalized spacial score (nSPS) is 14.3. The molecule has 0 radical (unpaired) electrons. The molecule has 5 N–H and O–H groups in total. The van der Waals surface area contributed by atoms with Gasteiger partial charge in [0.1, 0.15) is 5.60 Å². The lowest BCUT2D eigenvalue weighted by Gasteiger charge is -2.22. The minimum Gasteiger partial charge on any atom is -0.458 e. The summed E-state index contributed by atoms with van der Waals surface area (Å²) in [4.78, 5) is 11.5. The maximum absolute atomic E-state index is 11.5. The van der Waals surface area contributed by atoms with Crippen LogP contribution in [0.1, 0.15) is 34.1 Å². The lowest BCUT2D eigenvalue weighted by Crippen LogP contribution is -2.32. The largest absolute Gasteiger partial charge is 0.458 e. The first-order chi connectivity index (χ1) is 7.80. The summed E-state index contributed by atoms with van der Waals surface area (Å²) < 4.78 is 10.5. The average molecular weight is 245 g/mol. The van der Waals surface area contributed by atoms with Crippen molar-refractivity contribution in [2.24, 2.45) is 11.6 Å². The lowest BCUT2D eigenvalue weighted by atomic mass is 10.2. The molecule has 0 aliphatic heterocycles. The van der Waals surface area contributed by atoms with E-state index in [0.29, 0.717) is 18.7 Å². The van der Waals surface area contributed by atoms with E-state index in [2.05, 4.69) is 5.43 Å². The molecule has 1 atom stereocenters. The van der Waals surface area contributed by atoms with Gasteiger partial charge in [0.2, 0.25) is 0 Å². The first-order valence-corrected chi connectivity index (χ1v) is 5.52. The van der Waals surface area contributed by atoms with Crippen LogP contribution in [0.3, 0.4) is 0 Å². The molecule has 0 aromatic carbocycles. The zero-order valence-corrected chi connectivity index (χ0v) is 10.9. The first kappa shape index (κ1) is 15.7. The zero-order chi connectivity index (χ0) is 13.5. The Morgan fingerprint density at radius 2 is 2.06 bits per heavy atom. The van der Waals surface area contributed by atoms with Gasteiger partial charge in [-0.3, -0.25) is 5.84 Å². The summed E-state index contributed by atoms with van der Waals surface area (Å²) >= 11 is 0. The summed E-state index contributed by atoms with van der Waals surface area (Å²) in [6, 6.07) is 0. The molecule has 0 bridgehead atoms. The van der Waals surface area contributed by atoms with E-state index in [9.17, 15) is 4.79 Å². The number of ether oxygens (including phenoxy) is 2. The molecular formula is C11H23N3O3. The topological polar surface area (TPSA) is 99.6 Å². The van der Waals surface area contributed by atoms with Crippen LogP contribution in [-0.2, 0) is 14.3 Å². The van der Waals surface area contributed by atoms with Gasteiger partial charge in [-0.25, -0.2) is 4.79 Å². The zero-order valence-electron chi connectivity index (χ0n) is 10.9. The highest BCUT2D eigenvalue weighted by molar-refractivity contribution is 5.74. The summed E-state index contributed by atoms with van der Waals surface area (Å²) in [5.74, 6) is 4.82. The molecule has 0 aromatic heterocycles. The molecule has 0 heterocycles. The molecule has 0 aliphatic carbocycles. The van der Waals surface area contributed by atoms with Crippen LogP contribution in [0, 0.1) is 0 Å². The minimum absolute atomic E-state index is 0.341. The molecular weight excluding hydrogens is 222 g/mol. The van der Waals surface area contributed by atoms with Crippen LogP contribution in [0.2, 0.25) is 0 Å². The Morgan fingerprint density at radius 1 is 1.47 bits per heavy atom. The van der Waals surface area contributed by atoms with Crippen molar-refractivity contribution in [1.82, 2.24) is 5.43 Å². The Bertz CT molecular complexity index is 272. The van der Waals surface area contributed by atoms with E-state index in [0.717, 1.165) is 0 Å². The predicted molar refractivity (Wildman–Crippen MR) is 65.5 cm³/mol. The highest BCUT2D eigenvalue weighted by Crippen LogP contribution is 2.10. The van der Waals surface area contributed by atoms with E-state index < -0.39 is 11.7 Å². The number of hydrogen-bond donors (Lipinski definition) is 3. The van der Waals surface area contributed by atoms with Crippen molar-refractivity contribution < 1.29 is 14.3 Å². The summed E-state index contributed by atoms with van der Waals surface area (Å²) in [7, 11) is 0. The van der Waals surface area contributed by atoms with Crippen molar-refractivity contribution in [1.29, 1.82) is 0 Å². The molecule has 0 spiro atoms. The SMILES string of the molecule is CC(OCC/C(=C/N)NN)C(=O)OC(C)(C)C. The van der Waals surface area contributed by atoms with Crippen LogP contribution in [0.15, 0.2) is 11.9 Å². The van der Waals surface area contributed by atoms with Crippen molar-refractivity contribution >= 4 is 5.97 Å². The van der Waals surface area contributed by atoms with E-state index in [1.54, 1.807) is 6.92 Å². The Hall–Kier alpha value is -1.27. The fourth-order valence-corrected chi connectivity index (χ4v) is 1.00. The molecule has 0 saturated carbocycles. The van der Waals surface area contributed by atoms with Gasteiger partial charge in [-0.05, 0) is 27.7 Å². The summed E-state index contributed by atoms with van der Waals surface area (Å²) in [6.45, 7) is 7.42. The molecule has 0 fully saturated rings. The summed E-state index contributed by atoms with van der Waals surface area (Å²) in [5.41, 5.74) is 7.87. The standard InChI is InChI=1S/C11H23N3O3/c1-8(10(15)17-11(2,3)4)16-6-5-9(7-12)14-13/h7-8,14H,5-6,12-13H2,1-4H3/b9-7-. The summed E-state index contributed by atoms with van der Waals surface area (Å²) in [5, 5.41) is 0. The number of nitrogens with two attached hydrogens (primary N) is 2. The van der Waals surface area contributed by atoms with Crippen LogP contribution >= 0.6 is 0 Å². The molecule has 1 unspecified atom stereocenters. The van der Waals surface area contributed by atoms with Crippen molar-refractivity contribution in [2.75, 3.05) is 6.61 Å². The van der Waals surface area contributed by atoms with E-state index in [-0.39, 0.29) is 5.97 Å². The minimum atomic E-state index is -0.606.